The van der Waals surface area contributed by atoms with Crippen molar-refractivity contribution in [2.45, 2.75) is 11.5 Å². The van der Waals surface area contributed by atoms with Crippen LogP contribution in [0, 0.1) is 5.41 Å². The number of hydrogen-bond acceptors (Lipinski definition) is 10. The fourth-order valence-corrected chi connectivity index (χ4v) is 5.03. The Kier molecular flexibility index (Phi) is 4.93. The molecule has 3 heterocycles. The minimum atomic E-state index is -0.0855. The number of benzene rings is 2. The van der Waals surface area contributed by atoms with Crippen molar-refractivity contribution in [3.8, 4) is 0 Å². The molecule has 0 radical (unpaired) electrons. The van der Waals surface area contributed by atoms with Crippen LogP contribution in [0.2, 0.25) is 0 Å². The Balaban J connectivity index is 1.38. The van der Waals surface area contributed by atoms with Gasteiger partial charge in [-0.15, -0.1) is 23.5 Å². The lowest BCUT2D eigenvalue weighted by atomic mass is 10.3. The van der Waals surface area contributed by atoms with Gasteiger partial charge in [0.15, 0.2) is 17.0 Å². The molecule has 0 atom stereocenters. The van der Waals surface area contributed by atoms with Crippen LogP contribution in [0.15, 0.2) is 72.3 Å². The third-order valence-corrected chi connectivity index (χ3v) is 6.67. The molecule has 8 nitrogen and oxygen atoms in total. The fourth-order valence-electron chi connectivity index (χ4n) is 2.90. The molecular formula is C20H15N5O3S2. The highest BCUT2D eigenvalue weighted by Crippen LogP contribution is 2.38. The highest BCUT2D eigenvalue weighted by atomic mass is 32.2. The monoisotopic (exact) mass is 437 g/mol. The van der Waals surface area contributed by atoms with Gasteiger partial charge < -0.3 is 19.4 Å². The number of nitrogens with zero attached hydrogens (tertiary/aromatic N) is 3. The van der Waals surface area contributed by atoms with Crippen LogP contribution < -0.4 is 5.73 Å². The van der Waals surface area contributed by atoms with Crippen molar-refractivity contribution in [3.05, 3.63) is 70.1 Å². The Morgan fingerprint density at radius 1 is 0.867 bits per heavy atom. The van der Waals surface area contributed by atoms with Gasteiger partial charge in [-0.05, 0) is 24.3 Å². The largest absolute Gasteiger partial charge is 0.440 e. The molecule has 0 spiro atoms. The summed E-state index contributed by atoms with van der Waals surface area (Å²) in [4.78, 5) is 13.9. The number of oxime groups is 1. The number of oxazole rings is 2. The van der Waals surface area contributed by atoms with E-state index in [1.54, 1.807) is 0 Å². The smallest absolute Gasteiger partial charge is 0.254 e. The van der Waals surface area contributed by atoms with Crippen LogP contribution in [0.5, 0.6) is 0 Å². The van der Waals surface area contributed by atoms with Crippen LogP contribution in [0.25, 0.3) is 22.2 Å². The molecule has 3 N–H and O–H groups in total. The lowest BCUT2D eigenvalue weighted by molar-refractivity contribution is 0.338. The second-order valence-electron chi connectivity index (χ2n) is 6.29. The first-order chi connectivity index (χ1) is 14.7. The van der Waals surface area contributed by atoms with Crippen molar-refractivity contribution in [1.29, 1.82) is 5.41 Å². The summed E-state index contributed by atoms with van der Waals surface area (Å²) in [5.41, 5.74) is 9.49. The Labute approximate surface area is 179 Å². The molecule has 0 aliphatic carbocycles. The summed E-state index contributed by atoms with van der Waals surface area (Å²) in [6, 6.07) is 15.2. The van der Waals surface area contributed by atoms with E-state index in [1.165, 1.54) is 23.5 Å². The number of thioether (sulfide) groups is 2. The van der Waals surface area contributed by atoms with Gasteiger partial charge in [0, 0.05) is 0 Å². The summed E-state index contributed by atoms with van der Waals surface area (Å²) in [7, 11) is 0. The molecule has 5 rings (SSSR count). The predicted octanol–water partition coefficient (Wildman–Crippen LogP) is 4.63. The summed E-state index contributed by atoms with van der Waals surface area (Å²) in [5, 5.41) is 11.7. The fraction of sp³-hybridized carbons (Fsp3) is 0.100. The number of rotatable bonds is 6. The van der Waals surface area contributed by atoms with Crippen LogP contribution in [-0.4, -0.2) is 21.7 Å². The van der Waals surface area contributed by atoms with Crippen LogP contribution in [-0.2, 0) is 16.3 Å². The molecule has 30 heavy (non-hydrogen) atoms. The standard InChI is InChI=1S/C20H15N5O3S2/c21-18-17(19(22)28-25-18)20(29-9-15-23-11-5-1-3-7-13(11)26-15)30-10-16-24-12-6-2-4-8-14(12)27-16/h1-8,22H,9-10H2,(H2,21,25). The first kappa shape index (κ1) is 18.8. The molecule has 0 amide bonds. The van der Waals surface area contributed by atoms with E-state index in [1.807, 2.05) is 48.5 Å². The maximum absolute atomic E-state index is 8.03. The maximum Gasteiger partial charge on any atom is 0.254 e. The zero-order valence-electron chi connectivity index (χ0n) is 15.5. The Morgan fingerprint density at radius 2 is 1.40 bits per heavy atom. The average Bonchev–Trinajstić information content (AvgIpc) is 3.45. The van der Waals surface area contributed by atoms with Crippen molar-refractivity contribution in [2.24, 2.45) is 10.9 Å². The molecule has 0 unspecified atom stereocenters. The predicted molar refractivity (Wildman–Crippen MR) is 118 cm³/mol. The molecule has 4 aromatic rings. The number of nitrogens with one attached hydrogen (secondary N) is 1. The van der Waals surface area contributed by atoms with Crippen LogP contribution in [0.4, 0.5) is 0 Å². The van der Waals surface area contributed by atoms with E-state index in [-0.39, 0.29) is 11.7 Å². The highest BCUT2D eigenvalue weighted by Gasteiger charge is 2.26. The van der Waals surface area contributed by atoms with Gasteiger partial charge in [-0.3, -0.25) is 5.41 Å². The van der Waals surface area contributed by atoms with Gasteiger partial charge in [0.25, 0.3) is 5.90 Å². The van der Waals surface area contributed by atoms with E-state index < -0.39 is 0 Å². The lowest BCUT2D eigenvalue weighted by Gasteiger charge is -2.07. The molecule has 1 aliphatic rings. The molecule has 0 bridgehead atoms. The van der Waals surface area contributed by atoms with Crippen molar-refractivity contribution < 1.29 is 13.7 Å². The van der Waals surface area contributed by atoms with Gasteiger partial charge >= 0.3 is 0 Å². The number of amidine groups is 1. The summed E-state index contributed by atoms with van der Waals surface area (Å²) in [6.07, 6.45) is 0. The molecule has 2 aromatic heterocycles. The van der Waals surface area contributed by atoms with Crippen LogP contribution in [0.3, 0.4) is 0 Å². The Hall–Kier alpha value is -3.24. The Morgan fingerprint density at radius 3 is 1.87 bits per heavy atom. The van der Waals surface area contributed by atoms with Crippen LogP contribution in [0.1, 0.15) is 11.8 Å². The SMILES string of the molecule is N=C1ON=C(N)C1=C(SCc1nc2ccccc2o1)SCc1nc2ccccc2o1. The van der Waals surface area contributed by atoms with E-state index in [0.717, 1.165) is 26.4 Å². The van der Waals surface area contributed by atoms with Gasteiger partial charge in [-0.2, -0.15) is 0 Å². The summed E-state index contributed by atoms with van der Waals surface area (Å²) < 4.78 is 12.4. The number of hydrogen-bond donors (Lipinski definition) is 2. The summed E-state index contributed by atoms with van der Waals surface area (Å²) in [6.45, 7) is 0. The lowest BCUT2D eigenvalue weighted by Crippen LogP contribution is -2.15. The number of para-hydroxylation sites is 4. The molecule has 0 fully saturated rings. The molecule has 0 saturated heterocycles. The molecular weight excluding hydrogens is 422 g/mol. The van der Waals surface area contributed by atoms with Gasteiger partial charge in [0.1, 0.15) is 16.6 Å². The van der Waals surface area contributed by atoms with E-state index in [2.05, 4.69) is 15.1 Å². The second-order valence-corrected chi connectivity index (χ2v) is 8.52. The number of nitrogens with two attached hydrogens (primary N) is 1. The highest BCUT2D eigenvalue weighted by molar-refractivity contribution is 8.21. The van der Waals surface area contributed by atoms with Gasteiger partial charge in [0.2, 0.25) is 11.8 Å². The summed E-state index contributed by atoms with van der Waals surface area (Å²) >= 11 is 2.91. The first-order valence-electron chi connectivity index (χ1n) is 8.96. The average molecular weight is 438 g/mol. The van der Waals surface area contributed by atoms with E-state index in [0.29, 0.717) is 28.9 Å². The van der Waals surface area contributed by atoms with Gasteiger partial charge in [-0.1, -0.05) is 29.4 Å². The summed E-state index contributed by atoms with van der Waals surface area (Å²) in [5.74, 6) is 2.19. The van der Waals surface area contributed by atoms with Crippen LogP contribution >= 0.6 is 23.5 Å². The molecule has 10 heteroatoms. The minimum absolute atomic E-state index is 0.0855. The quantitative estimate of drug-likeness (QED) is 0.448. The molecule has 150 valence electrons. The second kappa shape index (κ2) is 7.88. The third-order valence-electron chi connectivity index (χ3n) is 4.25. The van der Waals surface area contributed by atoms with Gasteiger partial charge in [-0.25, -0.2) is 9.97 Å². The van der Waals surface area contributed by atoms with Crippen molar-refractivity contribution in [1.82, 2.24) is 9.97 Å². The molecule has 1 aliphatic heterocycles. The first-order valence-corrected chi connectivity index (χ1v) is 10.9. The third kappa shape index (κ3) is 3.66. The van der Waals surface area contributed by atoms with E-state index >= 15 is 0 Å². The topological polar surface area (TPSA) is 124 Å². The van der Waals surface area contributed by atoms with Crippen molar-refractivity contribution in [2.75, 3.05) is 0 Å². The van der Waals surface area contributed by atoms with Crippen molar-refractivity contribution >= 4 is 57.5 Å². The van der Waals surface area contributed by atoms with E-state index in [9.17, 15) is 0 Å². The van der Waals surface area contributed by atoms with E-state index in [4.69, 9.17) is 24.8 Å². The maximum atomic E-state index is 8.03. The number of aromatic nitrogens is 2. The normalized spacial score (nSPS) is 13.8. The zero-order chi connectivity index (χ0) is 20.5. The van der Waals surface area contributed by atoms with Gasteiger partial charge in [0.05, 0.1) is 15.7 Å². The zero-order valence-corrected chi connectivity index (χ0v) is 17.1. The van der Waals surface area contributed by atoms with Crippen molar-refractivity contribution in [3.63, 3.8) is 0 Å². The minimum Gasteiger partial charge on any atom is -0.440 e. The molecule has 2 aromatic carbocycles. The number of fused-ring (bicyclic) bond motifs is 2. The molecule has 0 saturated carbocycles. The Bertz CT molecular complexity index is 1180.